The number of halogens is 6. The predicted octanol–water partition coefficient (Wildman–Crippen LogP) is 4.51. The van der Waals surface area contributed by atoms with Gasteiger partial charge in [0.2, 0.25) is 5.91 Å². The number of hydrogen-bond donors (Lipinski definition) is 2. The number of amides is 2. The number of anilines is 1. The molecule has 2 amide bonds. The monoisotopic (exact) mass is 673 g/mol. The first-order valence-electron chi connectivity index (χ1n) is 15.8. The maximum atomic E-state index is 12.8. The quantitative estimate of drug-likeness (QED) is 0.379. The molecule has 4 heterocycles. The van der Waals surface area contributed by atoms with Gasteiger partial charge in [0.1, 0.15) is 0 Å². The van der Waals surface area contributed by atoms with Crippen LogP contribution in [-0.2, 0) is 15.7 Å². The van der Waals surface area contributed by atoms with Crippen LogP contribution in [-0.4, -0.2) is 108 Å². The molecule has 1 aromatic carbocycles. The minimum atomic E-state index is -4.53. The van der Waals surface area contributed by atoms with Gasteiger partial charge in [-0.3, -0.25) is 19.5 Å². The zero-order chi connectivity index (χ0) is 34.2. The van der Waals surface area contributed by atoms with Crippen molar-refractivity contribution in [2.75, 3.05) is 50.8 Å². The summed E-state index contributed by atoms with van der Waals surface area (Å²) in [6, 6.07) is 8.25. The number of aromatic nitrogens is 1. The number of aliphatic hydroxyl groups excluding tert-OH is 1. The molecule has 2 N–H and O–H groups in total. The number of aliphatic hydroxyl groups is 1. The predicted molar refractivity (Wildman–Crippen MR) is 162 cm³/mol. The summed E-state index contributed by atoms with van der Waals surface area (Å²) in [5, 5.41) is 11.9. The zero-order valence-electron chi connectivity index (χ0n) is 26.1. The van der Waals surface area contributed by atoms with Gasteiger partial charge in [0.25, 0.3) is 5.91 Å². The summed E-state index contributed by atoms with van der Waals surface area (Å²) in [6.07, 6.45) is -2.94. The van der Waals surface area contributed by atoms with Crippen LogP contribution in [0.5, 0.6) is 0 Å². The highest BCUT2D eigenvalue weighted by molar-refractivity contribution is 5.96. The second-order valence-electron chi connectivity index (χ2n) is 11.8. The lowest BCUT2D eigenvalue weighted by molar-refractivity contribution is -0.221. The lowest BCUT2D eigenvalue weighted by Gasteiger charge is -2.34. The van der Waals surface area contributed by atoms with Gasteiger partial charge >= 0.3 is 12.4 Å². The highest BCUT2D eigenvalue weighted by Gasteiger charge is 2.46. The van der Waals surface area contributed by atoms with Crippen LogP contribution in [0.4, 0.5) is 32.0 Å². The number of likely N-dealkylation sites (tertiary alicyclic amines) is 2. The average Bonchev–Trinajstić information content (AvgIpc) is 3.66. The standard InChI is InChI=1S/C22H30F3N3O3.C10H11F3N2O/c1-2-4-17(9-12-29)27-10-7-19-18(27)8-11-28(19)20(30)14-26-21(31)15-5-3-6-16(13-15)22(23,24)25;11-10(12,13)9-7-15(4-5-16-9)8-2-1-3-14-6-8/h3,5-6,13,17-19,29H,2,4,7-12,14H2,1H3,(H,26,31);1-3,6,9H,4-5,7H2. The van der Waals surface area contributed by atoms with Crippen LogP contribution in [0.15, 0.2) is 48.8 Å². The lowest BCUT2D eigenvalue weighted by Crippen LogP contribution is -2.49. The summed E-state index contributed by atoms with van der Waals surface area (Å²) in [6.45, 7) is 3.86. The Morgan fingerprint density at radius 2 is 1.81 bits per heavy atom. The number of benzene rings is 1. The van der Waals surface area contributed by atoms with Gasteiger partial charge < -0.3 is 25.0 Å². The summed E-state index contributed by atoms with van der Waals surface area (Å²) in [4.78, 5) is 34.7. The molecule has 3 saturated heterocycles. The molecule has 3 fully saturated rings. The van der Waals surface area contributed by atoms with E-state index in [2.05, 4.69) is 22.1 Å². The minimum Gasteiger partial charge on any atom is -0.396 e. The number of carbonyl (C=O) groups excluding carboxylic acids is 2. The van der Waals surface area contributed by atoms with Gasteiger partial charge in [-0.1, -0.05) is 19.4 Å². The minimum absolute atomic E-state index is 0.0796. The largest absolute Gasteiger partial charge is 0.416 e. The van der Waals surface area contributed by atoms with E-state index < -0.39 is 29.9 Å². The highest BCUT2D eigenvalue weighted by Crippen LogP contribution is 2.35. The molecule has 0 spiro atoms. The number of nitrogens with zero attached hydrogens (tertiary/aromatic N) is 4. The molecule has 0 bridgehead atoms. The van der Waals surface area contributed by atoms with Gasteiger partial charge in [0, 0.05) is 56.1 Å². The third-order valence-corrected chi connectivity index (χ3v) is 8.79. The second kappa shape index (κ2) is 16.1. The number of hydrogen-bond acceptors (Lipinski definition) is 7. The topological polar surface area (TPSA) is 98.2 Å². The van der Waals surface area contributed by atoms with Crippen molar-refractivity contribution in [1.82, 2.24) is 20.1 Å². The van der Waals surface area contributed by atoms with Crippen LogP contribution in [0, 0.1) is 0 Å². The van der Waals surface area contributed by atoms with Crippen LogP contribution < -0.4 is 10.2 Å². The molecule has 3 aliphatic rings. The first-order chi connectivity index (χ1) is 22.3. The zero-order valence-corrected chi connectivity index (χ0v) is 26.1. The fraction of sp³-hybridized carbons (Fsp3) is 0.594. The van der Waals surface area contributed by atoms with E-state index in [0.717, 1.165) is 50.8 Å². The molecule has 5 rings (SSSR count). The molecule has 2 aromatic rings. The van der Waals surface area contributed by atoms with E-state index in [-0.39, 0.29) is 49.9 Å². The van der Waals surface area contributed by atoms with Gasteiger partial charge in [-0.05, 0) is 56.0 Å². The Balaban J connectivity index is 0.000000261. The Hall–Kier alpha value is -3.43. The number of carbonyl (C=O) groups is 2. The van der Waals surface area contributed by atoms with Crippen molar-refractivity contribution in [2.45, 2.75) is 75.6 Å². The highest BCUT2D eigenvalue weighted by atomic mass is 19.4. The van der Waals surface area contributed by atoms with Crippen molar-refractivity contribution in [3.63, 3.8) is 0 Å². The van der Waals surface area contributed by atoms with Crippen molar-refractivity contribution in [2.24, 2.45) is 0 Å². The molecule has 15 heteroatoms. The molecule has 4 unspecified atom stereocenters. The number of ether oxygens (including phenoxy) is 1. The maximum Gasteiger partial charge on any atom is 0.416 e. The van der Waals surface area contributed by atoms with E-state index in [1.54, 1.807) is 34.3 Å². The van der Waals surface area contributed by atoms with Gasteiger partial charge in [-0.2, -0.15) is 26.3 Å². The molecule has 3 aliphatic heterocycles. The van der Waals surface area contributed by atoms with Crippen LogP contribution >= 0.6 is 0 Å². The molecule has 4 atom stereocenters. The van der Waals surface area contributed by atoms with E-state index in [0.29, 0.717) is 24.8 Å². The first-order valence-corrected chi connectivity index (χ1v) is 15.8. The van der Waals surface area contributed by atoms with E-state index >= 15 is 0 Å². The number of pyridine rings is 1. The Morgan fingerprint density at radius 3 is 2.47 bits per heavy atom. The van der Waals surface area contributed by atoms with Gasteiger partial charge in [0.15, 0.2) is 6.10 Å². The molecule has 0 radical (unpaired) electrons. The van der Waals surface area contributed by atoms with Gasteiger partial charge in [-0.15, -0.1) is 0 Å². The third kappa shape index (κ3) is 9.57. The molecular weight excluding hydrogens is 632 g/mol. The molecule has 260 valence electrons. The van der Waals surface area contributed by atoms with Crippen LogP contribution in [0.25, 0.3) is 0 Å². The normalized spacial score (nSPS) is 22.3. The third-order valence-electron chi connectivity index (χ3n) is 8.79. The summed E-state index contributed by atoms with van der Waals surface area (Å²) < 4.78 is 80.6. The molecule has 47 heavy (non-hydrogen) atoms. The molecule has 0 aliphatic carbocycles. The Kier molecular flexibility index (Phi) is 12.5. The van der Waals surface area contributed by atoms with Crippen molar-refractivity contribution >= 4 is 17.5 Å². The maximum absolute atomic E-state index is 12.8. The number of alkyl halides is 6. The van der Waals surface area contributed by atoms with E-state index in [4.69, 9.17) is 4.74 Å². The second-order valence-corrected chi connectivity index (χ2v) is 11.8. The number of nitrogens with one attached hydrogen (secondary N) is 1. The SMILES string of the molecule is CCCC(CCO)N1CCC2C1CCN2C(=O)CNC(=O)c1cccc(C(F)(F)F)c1.FC(F)(F)C1CN(c2cccnc2)CCO1. The smallest absolute Gasteiger partial charge is 0.396 e. The van der Waals surface area contributed by atoms with Crippen molar-refractivity contribution in [3.8, 4) is 0 Å². The van der Waals surface area contributed by atoms with Crippen LogP contribution in [0.3, 0.4) is 0 Å². The fourth-order valence-electron chi connectivity index (χ4n) is 6.56. The van der Waals surface area contributed by atoms with Crippen molar-refractivity contribution in [3.05, 3.63) is 59.9 Å². The van der Waals surface area contributed by atoms with Crippen LogP contribution in [0.1, 0.15) is 54.9 Å². The Bertz CT molecular complexity index is 1310. The molecule has 0 saturated carbocycles. The lowest BCUT2D eigenvalue weighted by atomic mass is 10.0. The molecule has 9 nitrogen and oxygen atoms in total. The number of morpholine rings is 1. The average molecular weight is 674 g/mol. The van der Waals surface area contributed by atoms with E-state index in [1.807, 2.05) is 0 Å². The summed E-state index contributed by atoms with van der Waals surface area (Å²) in [5.41, 5.74) is -0.329. The summed E-state index contributed by atoms with van der Waals surface area (Å²) >= 11 is 0. The Labute approximate surface area is 269 Å². The van der Waals surface area contributed by atoms with Crippen molar-refractivity contribution < 1.29 is 45.8 Å². The van der Waals surface area contributed by atoms with E-state index in [9.17, 15) is 41.0 Å². The van der Waals surface area contributed by atoms with Gasteiger partial charge in [-0.25, -0.2) is 0 Å². The van der Waals surface area contributed by atoms with E-state index in [1.165, 1.54) is 12.1 Å². The number of fused-ring (bicyclic) bond motifs is 1. The number of rotatable bonds is 9. The summed E-state index contributed by atoms with van der Waals surface area (Å²) in [7, 11) is 0. The van der Waals surface area contributed by atoms with Gasteiger partial charge in [0.05, 0.1) is 37.1 Å². The fourth-order valence-corrected chi connectivity index (χ4v) is 6.56. The van der Waals surface area contributed by atoms with Crippen LogP contribution in [0.2, 0.25) is 0 Å². The summed E-state index contributed by atoms with van der Waals surface area (Å²) in [5.74, 6) is -0.918. The molecule has 1 aromatic heterocycles. The van der Waals surface area contributed by atoms with Crippen molar-refractivity contribution in [1.29, 1.82) is 0 Å². The Morgan fingerprint density at radius 1 is 1.04 bits per heavy atom. The first kappa shape index (κ1) is 36.4. The molecular formula is C32H41F6N5O4.